The Balaban J connectivity index is 2.34. The lowest BCUT2D eigenvalue weighted by atomic mass is 10.0. The molecule has 0 aliphatic rings. The average Bonchev–Trinajstić information content (AvgIpc) is 2.84. The molecule has 0 saturated heterocycles. The van der Waals surface area contributed by atoms with Gasteiger partial charge in [0.1, 0.15) is 0 Å². The molecular weight excluding hydrogens is 212 g/mol. The molecule has 2 aromatic rings. The second-order valence-electron chi connectivity index (χ2n) is 4.27. The normalized spacial score (nSPS) is 12.4. The summed E-state index contributed by atoms with van der Waals surface area (Å²) in [5.74, 6) is 0. The summed E-state index contributed by atoms with van der Waals surface area (Å²) in [6.45, 7) is 0. The van der Waals surface area contributed by atoms with Crippen LogP contribution in [0.1, 0.15) is 17.2 Å². The summed E-state index contributed by atoms with van der Waals surface area (Å²) in [7, 11) is 6.05. The maximum Gasteiger partial charge on any atom is 0.0953 e. The summed E-state index contributed by atoms with van der Waals surface area (Å²) in [5, 5.41) is 3.31. The molecule has 1 aromatic heterocycles. The van der Waals surface area contributed by atoms with E-state index in [2.05, 4.69) is 34.5 Å². The molecule has 0 fully saturated rings. The molecule has 2 rings (SSSR count). The number of nitrogens with zero attached hydrogens (tertiary/aromatic N) is 1. The van der Waals surface area contributed by atoms with Crippen LogP contribution in [0.15, 0.2) is 47.3 Å². The van der Waals surface area contributed by atoms with Crippen LogP contribution >= 0.6 is 0 Å². The third-order valence-corrected chi connectivity index (χ3v) is 2.89. The first kappa shape index (κ1) is 11.7. The molecule has 1 aromatic carbocycles. The summed E-state index contributed by atoms with van der Waals surface area (Å²) in [4.78, 5) is 2.10. The first-order valence-corrected chi connectivity index (χ1v) is 5.69. The Kier molecular flexibility index (Phi) is 3.49. The van der Waals surface area contributed by atoms with E-state index >= 15 is 0 Å². The number of rotatable bonds is 4. The van der Waals surface area contributed by atoms with Crippen LogP contribution in [0.2, 0.25) is 0 Å². The summed E-state index contributed by atoms with van der Waals surface area (Å²) >= 11 is 0. The zero-order chi connectivity index (χ0) is 12.3. The maximum atomic E-state index is 5.15. The first-order chi connectivity index (χ1) is 8.22. The van der Waals surface area contributed by atoms with Gasteiger partial charge in [-0.15, -0.1) is 0 Å². The number of hydrogen-bond acceptors (Lipinski definition) is 3. The number of benzene rings is 1. The molecule has 1 atom stereocenters. The molecule has 0 radical (unpaired) electrons. The molecule has 1 unspecified atom stereocenters. The van der Waals surface area contributed by atoms with Gasteiger partial charge in [-0.05, 0) is 30.8 Å². The van der Waals surface area contributed by atoms with Gasteiger partial charge in [0.05, 0.1) is 18.6 Å². The summed E-state index contributed by atoms with van der Waals surface area (Å²) in [5.41, 5.74) is 3.58. The van der Waals surface area contributed by atoms with Crippen molar-refractivity contribution < 1.29 is 4.42 Å². The maximum absolute atomic E-state index is 5.15. The van der Waals surface area contributed by atoms with E-state index < -0.39 is 0 Å². The third kappa shape index (κ3) is 2.50. The molecule has 3 heteroatoms. The van der Waals surface area contributed by atoms with E-state index in [1.54, 1.807) is 12.5 Å². The van der Waals surface area contributed by atoms with Crippen molar-refractivity contribution in [1.82, 2.24) is 5.32 Å². The Labute approximate surface area is 102 Å². The van der Waals surface area contributed by atoms with Crippen molar-refractivity contribution >= 4 is 5.69 Å². The number of anilines is 1. The lowest BCUT2D eigenvalue weighted by Crippen LogP contribution is -2.17. The molecule has 0 saturated carbocycles. The Morgan fingerprint density at radius 3 is 2.59 bits per heavy atom. The van der Waals surface area contributed by atoms with E-state index in [0.29, 0.717) is 0 Å². The quantitative estimate of drug-likeness (QED) is 0.875. The second kappa shape index (κ2) is 5.06. The van der Waals surface area contributed by atoms with Crippen molar-refractivity contribution in [2.24, 2.45) is 0 Å². The fourth-order valence-corrected chi connectivity index (χ4v) is 1.95. The fraction of sp³-hybridized carbons (Fsp3) is 0.286. The highest BCUT2D eigenvalue weighted by atomic mass is 16.3. The van der Waals surface area contributed by atoms with Crippen molar-refractivity contribution in [2.75, 3.05) is 26.0 Å². The molecule has 0 spiro atoms. The van der Waals surface area contributed by atoms with Crippen LogP contribution in [0.3, 0.4) is 0 Å². The predicted octanol–water partition coefficient (Wildman–Crippen LogP) is 2.65. The van der Waals surface area contributed by atoms with E-state index in [-0.39, 0.29) is 6.04 Å². The molecule has 1 N–H and O–H groups in total. The van der Waals surface area contributed by atoms with Gasteiger partial charge in [0.2, 0.25) is 0 Å². The third-order valence-electron chi connectivity index (χ3n) is 2.89. The number of nitrogens with one attached hydrogen (secondary N) is 1. The monoisotopic (exact) mass is 230 g/mol. The molecule has 90 valence electrons. The molecule has 3 nitrogen and oxygen atoms in total. The van der Waals surface area contributed by atoms with Gasteiger partial charge in [0.15, 0.2) is 0 Å². The van der Waals surface area contributed by atoms with E-state index in [9.17, 15) is 0 Å². The lowest BCUT2D eigenvalue weighted by Gasteiger charge is -2.18. The van der Waals surface area contributed by atoms with Crippen LogP contribution in [0.25, 0.3) is 0 Å². The van der Waals surface area contributed by atoms with Crippen LogP contribution in [0, 0.1) is 0 Å². The van der Waals surface area contributed by atoms with Crippen molar-refractivity contribution in [1.29, 1.82) is 0 Å². The minimum Gasteiger partial charge on any atom is -0.472 e. The van der Waals surface area contributed by atoms with Crippen LogP contribution in [-0.2, 0) is 0 Å². The molecule has 0 amide bonds. The van der Waals surface area contributed by atoms with E-state index in [4.69, 9.17) is 4.42 Å². The average molecular weight is 230 g/mol. The first-order valence-electron chi connectivity index (χ1n) is 5.69. The summed E-state index contributed by atoms with van der Waals surface area (Å²) in [6.07, 6.45) is 3.49. The van der Waals surface area contributed by atoms with Crippen molar-refractivity contribution in [3.8, 4) is 0 Å². The number of furan rings is 1. The van der Waals surface area contributed by atoms with Crippen molar-refractivity contribution in [3.63, 3.8) is 0 Å². The smallest absolute Gasteiger partial charge is 0.0953 e. The van der Waals surface area contributed by atoms with Crippen LogP contribution in [0.5, 0.6) is 0 Å². The summed E-state index contributed by atoms with van der Waals surface area (Å²) < 4.78 is 5.15. The Hall–Kier alpha value is -1.74. The zero-order valence-electron chi connectivity index (χ0n) is 10.5. The Morgan fingerprint density at radius 1 is 1.18 bits per heavy atom. The van der Waals surface area contributed by atoms with Gasteiger partial charge in [-0.2, -0.15) is 0 Å². The van der Waals surface area contributed by atoms with Gasteiger partial charge in [-0.1, -0.05) is 12.1 Å². The highest BCUT2D eigenvalue weighted by Crippen LogP contribution is 2.25. The van der Waals surface area contributed by atoms with Crippen LogP contribution < -0.4 is 10.2 Å². The Morgan fingerprint density at radius 2 is 2.00 bits per heavy atom. The predicted molar refractivity (Wildman–Crippen MR) is 70.4 cm³/mol. The summed E-state index contributed by atoms with van der Waals surface area (Å²) in [6, 6.07) is 10.7. The van der Waals surface area contributed by atoms with Crippen molar-refractivity contribution in [2.45, 2.75) is 6.04 Å². The number of hydrogen-bond donors (Lipinski definition) is 1. The molecule has 1 heterocycles. The molecule has 0 aliphatic carbocycles. The second-order valence-corrected chi connectivity index (χ2v) is 4.27. The molecule has 17 heavy (non-hydrogen) atoms. The Bertz CT molecular complexity index is 463. The van der Waals surface area contributed by atoms with E-state index in [1.807, 2.05) is 27.2 Å². The minimum absolute atomic E-state index is 0.175. The molecular formula is C14H18N2O. The van der Waals surface area contributed by atoms with Gasteiger partial charge < -0.3 is 14.6 Å². The van der Waals surface area contributed by atoms with Crippen molar-refractivity contribution in [3.05, 3.63) is 54.0 Å². The van der Waals surface area contributed by atoms with E-state index in [0.717, 1.165) is 5.56 Å². The van der Waals surface area contributed by atoms with Gasteiger partial charge in [-0.3, -0.25) is 0 Å². The largest absolute Gasteiger partial charge is 0.472 e. The highest BCUT2D eigenvalue weighted by Gasteiger charge is 2.13. The van der Waals surface area contributed by atoms with Crippen LogP contribution in [-0.4, -0.2) is 21.1 Å². The minimum atomic E-state index is 0.175. The highest BCUT2D eigenvalue weighted by molar-refractivity contribution is 5.49. The van der Waals surface area contributed by atoms with Gasteiger partial charge in [-0.25, -0.2) is 0 Å². The topological polar surface area (TPSA) is 28.4 Å². The van der Waals surface area contributed by atoms with E-state index in [1.165, 1.54) is 11.3 Å². The zero-order valence-corrected chi connectivity index (χ0v) is 10.5. The van der Waals surface area contributed by atoms with Gasteiger partial charge in [0, 0.05) is 25.3 Å². The van der Waals surface area contributed by atoms with Gasteiger partial charge in [0.25, 0.3) is 0 Å². The lowest BCUT2D eigenvalue weighted by molar-refractivity contribution is 0.557. The standard InChI is InChI=1S/C14H18N2O/c1-15-14(12-7-8-17-10-12)11-5-4-6-13(9-11)16(2)3/h4-10,14-15H,1-3H3. The fourth-order valence-electron chi connectivity index (χ4n) is 1.95. The SMILES string of the molecule is CNC(c1ccoc1)c1cccc(N(C)C)c1. The molecule has 0 aliphatic heterocycles. The van der Waals surface area contributed by atoms with Crippen LogP contribution in [0.4, 0.5) is 5.69 Å². The molecule has 0 bridgehead atoms. The van der Waals surface area contributed by atoms with Gasteiger partial charge >= 0.3 is 0 Å².